The molecule has 0 saturated heterocycles. The molecule has 0 bridgehead atoms. The van der Waals surface area contributed by atoms with Gasteiger partial charge >= 0.3 is 6.09 Å². The lowest BCUT2D eigenvalue weighted by Gasteiger charge is -2.19. The van der Waals surface area contributed by atoms with Crippen LogP contribution in [-0.2, 0) is 11.2 Å². The van der Waals surface area contributed by atoms with E-state index in [1.165, 1.54) is 17.4 Å². The fraction of sp³-hybridized carbons (Fsp3) is 0.350. The minimum Gasteiger partial charge on any atom is -0.444 e. The van der Waals surface area contributed by atoms with E-state index in [1.807, 2.05) is 13.8 Å². The Morgan fingerprint density at radius 1 is 1.07 bits per heavy atom. The van der Waals surface area contributed by atoms with Crippen molar-refractivity contribution in [2.75, 3.05) is 5.32 Å². The summed E-state index contributed by atoms with van der Waals surface area (Å²) in [5.41, 5.74) is 5.93. The van der Waals surface area contributed by atoms with Gasteiger partial charge in [0.05, 0.1) is 4.88 Å². The van der Waals surface area contributed by atoms with Crippen molar-refractivity contribution in [3.05, 3.63) is 51.2 Å². The van der Waals surface area contributed by atoms with Crippen molar-refractivity contribution in [1.82, 2.24) is 10.9 Å². The average Bonchev–Trinajstić information content (AvgIpc) is 2.98. The van der Waals surface area contributed by atoms with Gasteiger partial charge in [0.15, 0.2) is 0 Å². The Labute approximate surface area is 168 Å². The first-order valence-electron chi connectivity index (χ1n) is 8.89. The summed E-state index contributed by atoms with van der Waals surface area (Å²) in [5.74, 6) is -0.866. The van der Waals surface area contributed by atoms with E-state index in [0.717, 1.165) is 16.9 Å². The highest BCUT2D eigenvalue weighted by Crippen LogP contribution is 2.22. The van der Waals surface area contributed by atoms with E-state index >= 15 is 0 Å². The molecule has 0 aliphatic heterocycles. The molecule has 3 N–H and O–H groups in total. The first kappa shape index (κ1) is 21.4. The number of hydrazine groups is 1. The lowest BCUT2D eigenvalue weighted by atomic mass is 10.2. The highest BCUT2D eigenvalue weighted by atomic mass is 32.1. The fourth-order valence-electron chi connectivity index (χ4n) is 2.39. The molecule has 1 aromatic heterocycles. The van der Waals surface area contributed by atoms with Crippen molar-refractivity contribution < 1.29 is 19.1 Å². The van der Waals surface area contributed by atoms with Crippen LogP contribution in [-0.4, -0.2) is 23.5 Å². The fourth-order valence-corrected chi connectivity index (χ4v) is 3.40. The second kappa shape index (κ2) is 8.88. The summed E-state index contributed by atoms with van der Waals surface area (Å²) in [4.78, 5) is 38.0. The summed E-state index contributed by atoms with van der Waals surface area (Å²) < 4.78 is 5.18. The number of rotatable bonds is 4. The summed E-state index contributed by atoms with van der Waals surface area (Å²) in [7, 11) is 0. The topological polar surface area (TPSA) is 96.5 Å². The molecule has 0 spiro atoms. The van der Waals surface area contributed by atoms with Crippen molar-refractivity contribution >= 4 is 34.9 Å². The zero-order chi connectivity index (χ0) is 20.9. The third kappa shape index (κ3) is 6.09. The van der Waals surface area contributed by atoms with Crippen LogP contribution in [0.25, 0.3) is 0 Å². The highest BCUT2D eigenvalue weighted by Gasteiger charge is 2.17. The van der Waals surface area contributed by atoms with Crippen LogP contribution < -0.4 is 16.2 Å². The van der Waals surface area contributed by atoms with E-state index < -0.39 is 17.6 Å². The van der Waals surface area contributed by atoms with E-state index in [2.05, 4.69) is 16.2 Å². The van der Waals surface area contributed by atoms with Gasteiger partial charge in [0.2, 0.25) is 0 Å². The zero-order valence-electron chi connectivity index (χ0n) is 16.6. The van der Waals surface area contributed by atoms with Gasteiger partial charge in [-0.05, 0) is 63.9 Å². The molecule has 8 heteroatoms. The Morgan fingerprint density at radius 3 is 2.36 bits per heavy atom. The molecule has 0 aliphatic carbocycles. The van der Waals surface area contributed by atoms with E-state index in [-0.39, 0.29) is 11.5 Å². The summed E-state index contributed by atoms with van der Waals surface area (Å²) in [6, 6.07) is 8.14. The molecule has 7 nitrogen and oxygen atoms in total. The average molecular weight is 404 g/mol. The molecule has 2 rings (SSSR count). The molecule has 28 heavy (non-hydrogen) atoms. The molecule has 0 fully saturated rings. The zero-order valence-corrected chi connectivity index (χ0v) is 17.5. The van der Waals surface area contributed by atoms with E-state index in [9.17, 15) is 14.4 Å². The molecule has 3 amide bonds. The number of carbonyl (C=O) groups is 3. The van der Waals surface area contributed by atoms with Gasteiger partial charge in [0.25, 0.3) is 11.8 Å². The molecule has 1 aromatic carbocycles. The minimum atomic E-state index is -0.624. The lowest BCUT2D eigenvalue weighted by molar-refractivity contribution is 0.0635. The number of hydrogen-bond acceptors (Lipinski definition) is 5. The number of amides is 3. The van der Waals surface area contributed by atoms with Crippen molar-refractivity contribution in [1.29, 1.82) is 0 Å². The van der Waals surface area contributed by atoms with Crippen LogP contribution in [0, 0.1) is 6.92 Å². The van der Waals surface area contributed by atoms with Crippen molar-refractivity contribution in [2.24, 2.45) is 0 Å². The number of nitrogens with one attached hydrogen (secondary N) is 3. The summed E-state index contributed by atoms with van der Waals surface area (Å²) in [6.07, 6.45) is 0.242. The molecule has 0 atom stereocenters. The lowest BCUT2D eigenvalue weighted by Crippen LogP contribution is -2.41. The smallest absolute Gasteiger partial charge is 0.412 e. The third-order valence-electron chi connectivity index (χ3n) is 3.63. The standard InChI is InChI=1S/C20H25N3O4S/c1-6-15-12(2)10-16(28-15)18(25)23-22-17(24)13-8-7-9-14(11-13)21-19(26)27-20(3,4)5/h7-11H,6H2,1-5H3,(H,21,26)(H,22,24)(H,23,25). The maximum absolute atomic E-state index is 12.3. The van der Waals surface area contributed by atoms with Gasteiger partial charge in [-0.3, -0.25) is 25.8 Å². The predicted octanol–water partition coefficient (Wildman–Crippen LogP) is 4.04. The number of ether oxygens (including phenoxy) is 1. The predicted molar refractivity (Wildman–Crippen MR) is 110 cm³/mol. The van der Waals surface area contributed by atoms with Crippen LogP contribution in [0.5, 0.6) is 0 Å². The molecule has 2 aromatic rings. The Bertz CT molecular complexity index is 884. The third-order valence-corrected chi connectivity index (χ3v) is 5.01. The van der Waals surface area contributed by atoms with E-state index in [4.69, 9.17) is 4.74 Å². The molecule has 0 radical (unpaired) electrons. The van der Waals surface area contributed by atoms with Crippen LogP contribution in [0.15, 0.2) is 30.3 Å². The largest absolute Gasteiger partial charge is 0.444 e. The molecule has 150 valence electrons. The molecule has 0 aliphatic rings. The quantitative estimate of drug-likeness (QED) is 0.671. The minimum absolute atomic E-state index is 0.283. The van der Waals surface area contributed by atoms with Crippen molar-refractivity contribution in [3.63, 3.8) is 0 Å². The first-order chi connectivity index (χ1) is 13.1. The maximum atomic E-state index is 12.3. The van der Waals surface area contributed by atoms with Gasteiger partial charge in [-0.2, -0.15) is 0 Å². The normalized spacial score (nSPS) is 10.9. The Hall–Kier alpha value is -2.87. The molecule has 1 heterocycles. The SMILES string of the molecule is CCc1sc(C(=O)NNC(=O)c2cccc(NC(=O)OC(C)(C)C)c2)cc1C. The van der Waals surface area contributed by atoms with Gasteiger partial charge in [-0.1, -0.05) is 13.0 Å². The van der Waals surface area contributed by atoms with Crippen LogP contribution >= 0.6 is 11.3 Å². The monoisotopic (exact) mass is 403 g/mol. The first-order valence-corrected chi connectivity index (χ1v) is 9.70. The Balaban J connectivity index is 1.96. The number of thiophene rings is 1. The van der Waals surface area contributed by atoms with Crippen LogP contribution in [0.3, 0.4) is 0 Å². The molecule has 0 saturated carbocycles. The Kier molecular flexibility index (Phi) is 6.80. The molecule has 0 unspecified atom stereocenters. The highest BCUT2D eigenvalue weighted by molar-refractivity contribution is 7.14. The van der Waals surface area contributed by atoms with Gasteiger partial charge in [-0.25, -0.2) is 4.79 Å². The Morgan fingerprint density at radius 2 is 1.75 bits per heavy atom. The number of carbonyl (C=O) groups excluding carboxylic acids is 3. The number of benzene rings is 1. The maximum Gasteiger partial charge on any atom is 0.412 e. The van der Waals surface area contributed by atoms with Gasteiger partial charge < -0.3 is 4.74 Å². The van der Waals surface area contributed by atoms with Crippen LogP contribution in [0.1, 0.15) is 58.2 Å². The van der Waals surface area contributed by atoms with Crippen LogP contribution in [0.2, 0.25) is 0 Å². The summed E-state index contributed by atoms with van der Waals surface area (Å²) in [6.45, 7) is 9.27. The van der Waals surface area contributed by atoms with Crippen LogP contribution in [0.4, 0.5) is 10.5 Å². The van der Waals surface area contributed by atoms with Gasteiger partial charge in [-0.15, -0.1) is 11.3 Å². The van der Waals surface area contributed by atoms with E-state index in [0.29, 0.717) is 10.6 Å². The number of hydrogen-bond donors (Lipinski definition) is 3. The second-order valence-corrected chi connectivity index (χ2v) is 8.32. The van der Waals surface area contributed by atoms with E-state index in [1.54, 1.807) is 45.0 Å². The summed E-state index contributed by atoms with van der Waals surface area (Å²) in [5, 5.41) is 2.57. The van der Waals surface area contributed by atoms with Crippen molar-refractivity contribution in [2.45, 2.75) is 46.6 Å². The number of aryl methyl sites for hydroxylation is 2. The second-order valence-electron chi connectivity index (χ2n) is 7.19. The molecular weight excluding hydrogens is 378 g/mol. The van der Waals surface area contributed by atoms with Gasteiger partial charge in [0, 0.05) is 16.1 Å². The van der Waals surface area contributed by atoms with Crippen molar-refractivity contribution in [3.8, 4) is 0 Å². The molecular formula is C20H25N3O4S. The number of anilines is 1. The van der Waals surface area contributed by atoms with Gasteiger partial charge in [0.1, 0.15) is 5.60 Å². The summed E-state index contributed by atoms with van der Waals surface area (Å²) >= 11 is 1.40.